The molecule has 3 amide bonds. The van der Waals surface area contributed by atoms with Gasteiger partial charge in [-0.3, -0.25) is 14.4 Å². The number of carbonyl (C=O) groups is 3. The highest BCUT2D eigenvalue weighted by Crippen LogP contribution is 2.44. The van der Waals surface area contributed by atoms with Crippen molar-refractivity contribution in [3.63, 3.8) is 0 Å². The molecule has 2 aliphatic heterocycles. The van der Waals surface area contributed by atoms with Crippen LogP contribution in [0, 0.1) is 6.92 Å². The molecular formula is C30H28F2N4O3S. The number of fused-ring (bicyclic) bond motifs is 1. The molecule has 3 heterocycles. The molecule has 5 rings (SSSR count). The van der Waals surface area contributed by atoms with Crippen molar-refractivity contribution in [2.75, 3.05) is 24.5 Å². The van der Waals surface area contributed by atoms with Crippen molar-refractivity contribution in [1.29, 1.82) is 0 Å². The second kappa shape index (κ2) is 11.1. The smallest absolute Gasteiger partial charge is 0.275 e. The van der Waals surface area contributed by atoms with Crippen molar-refractivity contribution in [1.82, 2.24) is 9.88 Å². The number of rotatable bonds is 4. The number of amides is 3. The first kappa shape index (κ1) is 27.4. The van der Waals surface area contributed by atoms with Crippen molar-refractivity contribution >= 4 is 40.3 Å². The summed E-state index contributed by atoms with van der Waals surface area (Å²) >= 11 is 1.23. The Labute approximate surface area is 234 Å². The van der Waals surface area contributed by atoms with Crippen LogP contribution < -0.4 is 10.6 Å². The average molecular weight is 563 g/mol. The van der Waals surface area contributed by atoms with Crippen LogP contribution in [0.15, 0.2) is 72.3 Å². The SMILES string of the molecule is Cc1nc(-c2ccccc2)sc1C(=O)N1CCC(F)(F)/C(=C\C(=O)N2CCC(=CC(N)=O)CC2)c2ccccc21. The maximum atomic E-state index is 15.6. The van der Waals surface area contributed by atoms with E-state index in [4.69, 9.17) is 5.73 Å². The molecule has 2 aromatic carbocycles. The van der Waals surface area contributed by atoms with Crippen molar-refractivity contribution in [2.45, 2.75) is 32.1 Å². The summed E-state index contributed by atoms with van der Waals surface area (Å²) in [7, 11) is 0. The topological polar surface area (TPSA) is 96.6 Å². The van der Waals surface area contributed by atoms with Crippen molar-refractivity contribution in [2.24, 2.45) is 5.73 Å². The van der Waals surface area contributed by atoms with Gasteiger partial charge in [0.1, 0.15) is 9.88 Å². The van der Waals surface area contributed by atoms with E-state index in [1.54, 1.807) is 25.1 Å². The second-order valence-corrected chi connectivity index (χ2v) is 10.8. The molecule has 2 aliphatic rings. The predicted molar refractivity (Wildman–Crippen MR) is 151 cm³/mol. The highest BCUT2D eigenvalue weighted by atomic mass is 32.1. The number of alkyl halides is 2. The highest BCUT2D eigenvalue weighted by Gasteiger charge is 2.42. The van der Waals surface area contributed by atoms with Gasteiger partial charge in [-0.1, -0.05) is 54.1 Å². The van der Waals surface area contributed by atoms with Crippen molar-refractivity contribution in [3.8, 4) is 10.6 Å². The van der Waals surface area contributed by atoms with Crippen molar-refractivity contribution in [3.05, 3.63) is 88.5 Å². The van der Waals surface area contributed by atoms with Crippen LogP contribution in [-0.2, 0) is 9.59 Å². The van der Waals surface area contributed by atoms with Crippen molar-refractivity contribution < 1.29 is 23.2 Å². The third kappa shape index (κ3) is 5.58. The van der Waals surface area contributed by atoms with Gasteiger partial charge in [-0.05, 0) is 25.8 Å². The maximum absolute atomic E-state index is 15.6. The number of allylic oxidation sites excluding steroid dienone is 1. The number of aromatic nitrogens is 1. The average Bonchev–Trinajstić information content (AvgIpc) is 3.29. The minimum Gasteiger partial charge on any atom is -0.366 e. The van der Waals surface area contributed by atoms with Crippen LogP contribution in [0.4, 0.5) is 14.5 Å². The van der Waals surface area contributed by atoms with E-state index in [9.17, 15) is 14.4 Å². The Hall–Kier alpha value is -4.18. The van der Waals surface area contributed by atoms with Crippen LogP contribution in [-0.4, -0.2) is 53.2 Å². The Morgan fingerprint density at radius 3 is 2.35 bits per heavy atom. The number of hydrogen-bond acceptors (Lipinski definition) is 5. The van der Waals surface area contributed by atoms with Gasteiger partial charge in [0, 0.05) is 54.9 Å². The van der Waals surface area contributed by atoms with Crippen LogP contribution >= 0.6 is 11.3 Å². The molecule has 40 heavy (non-hydrogen) atoms. The number of para-hydroxylation sites is 1. The summed E-state index contributed by atoms with van der Waals surface area (Å²) in [5.74, 6) is -4.83. The van der Waals surface area contributed by atoms with E-state index < -0.39 is 35.6 Å². The number of primary amides is 1. The Balaban J connectivity index is 1.46. The molecule has 7 nitrogen and oxygen atoms in total. The summed E-state index contributed by atoms with van der Waals surface area (Å²) in [6, 6.07) is 15.9. The van der Waals surface area contributed by atoms with E-state index in [-0.39, 0.29) is 12.1 Å². The third-order valence-corrected chi connectivity index (χ3v) is 8.31. The minimum atomic E-state index is -3.34. The molecule has 2 N–H and O–H groups in total. The normalized spacial score (nSPS) is 17.8. The second-order valence-electron chi connectivity index (χ2n) is 9.82. The number of nitrogens with two attached hydrogens (primary N) is 1. The molecular weight excluding hydrogens is 534 g/mol. The van der Waals surface area contributed by atoms with Gasteiger partial charge < -0.3 is 15.5 Å². The number of aryl methyl sites for hydroxylation is 1. The largest absolute Gasteiger partial charge is 0.366 e. The number of piperidine rings is 1. The first-order chi connectivity index (χ1) is 19.1. The quantitative estimate of drug-likeness (QED) is 0.441. The molecule has 1 aromatic heterocycles. The number of nitrogens with zero attached hydrogens (tertiary/aromatic N) is 3. The summed E-state index contributed by atoms with van der Waals surface area (Å²) in [6.07, 6.45) is 2.62. The van der Waals surface area contributed by atoms with Crippen LogP contribution in [0.3, 0.4) is 0 Å². The zero-order valence-corrected chi connectivity index (χ0v) is 22.7. The lowest BCUT2D eigenvalue weighted by Gasteiger charge is -2.28. The summed E-state index contributed by atoms with van der Waals surface area (Å²) in [6.45, 7) is 2.11. The fourth-order valence-corrected chi connectivity index (χ4v) is 6.05. The van der Waals surface area contributed by atoms with Gasteiger partial charge in [0.2, 0.25) is 11.8 Å². The number of benzene rings is 2. The third-order valence-electron chi connectivity index (χ3n) is 7.12. The van der Waals surface area contributed by atoms with E-state index in [0.717, 1.165) is 17.2 Å². The minimum absolute atomic E-state index is 0.142. The molecule has 0 bridgehead atoms. The number of carbonyl (C=O) groups excluding carboxylic acids is 3. The van der Waals surface area contributed by atoms with Gasteiger partial charge in [-0.2, -0.15) is 0 Å². The molecule has 0 spiro atoms. The van der Waals surface area contributed by atoms with E-state index in [1.807, 2.05) is 30.3 Å². The molecule has 0 saturated carbocycles. The van der Waals surface area contributed by atoms with Gasteiger partial charge in [-0.25, -0.2) is 13.8 Å². The number of halogens is 2. The number of hydrogen-bond donors (Lipinski definition) is 1. The first-order valence-electron chi connectivity index (χ1n) is 13.0. The van der Waals surface area contributed by atoms with Crippen LogP contribution in [0.1, 0.15) is 40.2 Å². The molecule has 0 radical (unpaired) electrons. The molecule has 206 valence electrons. The number of likely N-dealkylation sites (tertiary alicyclic amines) is 1. The Morgan fingerprint density at radius 1 is 0.975 bits per heavy atom. The van der Waals surface area contributed by atoms with E-state index in [0.29, 0.717) is 47.2 Å². The van der Waals surface area contributed by atoms with Gasteiger partial charge >= 0.3 is 0 Å². The summed E-state index contributed by atoms with van der Waals surface area (Å²) in [5.41, 5.74) is 7.51. The zero-order valence-electron chi connectivity index (χ0n) is 21.9. The fraction of sp³-hybridized carbons (Fsp3) is 0.267. The first-order valence-corrected chi connectivity index (χ1v) is 13.8. The molecule has 0 aliphatic carbocycles. The Kier molecular flexibility index (Phi) is 7.62. The Bertz CT molecular complexity index is 1520. The predicted octanol–water partition coefficient (Wildman–Crippen LogP) is 5.22. The van der Waals surface area contributed by atoms with Gasteiger partial charge in [0.05, 0.1) is 11.4 Å². The summed E-state index contributed by atoms with van der Waals surface area (Å²) in [4.78, 5) is 45.9. The van der Waals surface area contributed by atoms with E-state index in [2.05, 4.69) is 4.98 Å². The lowest BCUT2D eigenvalue weighted by molar-refractivity contribution is -0.126. The molecule has 0 atom stereocenters. The van der Waals surface area contributed by atoms with Crippen LogP contribution in [0.2, 0.25) is 0 Å². The zero-order chi connectivity index (χ0) is 28.4. The van der Waals surface area contributed by atoms with Crippen LogP contribution in [0.25, 0.3) is 16.1 Å². The van der Waals surface area contributed by atoms with Gasteiger partial charge in [-0.15, -0.1) is 11.3 Å². The summed E-state index contributed by atoms with van der Waals surface area (Å²) in [5, 5.41) is 0.677. The molecule has 10 heteroatoms. The molecule has 1 saturated heterocycles. The Morgan fingerprint density at radius 2 is 1.65 bits per heavy atom. The van der Waals surface area contributed by atoms with E-state index >= 15 is 8.78 Å². The monoisotopic (exact) mass is 562 g/mol. The standard InChI is InChI=1S/C30H28F2N4O3S/c1-19-27(40-28(34-19)21-7-3-2-4-8-21)29(39)36-16-13-30(31,32)23(22-9-5-6-10-24(22)36)18-26(38)35-14-11-20(12-15-35)17-25(33)37/h2-10,17-18H,11-16H2,1H3,(H2,33,37)/b23-18-. The van der Waals surface area contributed by atoms with Crippen LogP contribution in [0.5, 0.6) is 0 Å². The molecule has 1 fully saturated rings. The summed E-state index contributed by atoms with van der Waals surface area (Å²) < 4.78 is 31.3. The molecule has 0 unspecified atom stereocenters. The maximum Gasteiger partial charge on any atom is 0.275 e. The number of anilines is 1. The van der Waals surface area contributed by atoms with Gasteiger partial charge in [0.15, 0.2) is 0 Å². The lowest BCUT2D eigenvalue weighted by atomic mass is 9.96. The van der Waals surface area contributed by atoms with Gasteiger partial charge in [0.25, 0.3) is 11.8 Å². The highest BCUT2D eigenvalue weighted by molar-refractivity contribution is 7.17. The molecule has 3 aromatic rings. The van der Waals surface area contributed by atoms with E-state index in [1.165, 1.54) is 33.3 Å². The fourth-order valence-electron chi connectivity index (χ4n) is 5.03. The lowest BCUT2D eigenvalue weighted by Crippen LogP contribution is -2.36. The number of thiazole rings is 1.